The van der Waals surface area contributed by atoms with Crippen LogP contribution in [0.1, 0.15) is 19.4 Å². The van der Waals surface area contributed by atoms with Crippen molar-refractivity contribution in [1.29, 1.82) is 0 Å². The van der Waals surface area contributed by atoms with Gasteiger partial charge in [-0.3, -0.25) is 9.59 Å². The summed E-state index contributed by atoms with van der Waals surface area (Å²) < 4.78 is 0. The second-order valence-electron chi connectivity index (χ2n) is 4.29. The third-order valence-electron chi connectivity index (χ3n) is 2.87. The van der Waals surface area contributed by atoms with E-state index in [1.54, 1.807) is 25.1 Å². The number of carbonyl (C=O) groups excluding carboxylic acids is 1. The van der Waals surface area contributed by atoms with E-state index in [2.05, 4.69) is 5.32 Å². The quantitative estimate of drug-likeness (QED) is 0.733. The molecule has 2 atom stereocenters. The maximum atomic E-state index is 11.7. The Kier molecular flexibility index (Phi) is 4.71. The minimum absolute atomic E-state index is 0.0311. The molecule has 0 aromatic heterocycles. The van der Waals surface area contributed by atoms with Gasteiger partial charge in [0.2, 0.25) is 5.91 Å². The Morgan fingerprint density at radius 3 is 2.44 bits per heavy atom. The molecule has 1 rings (SSSR count). The summed E-state index contributed by atoms with van der Waals surface area (Å²) in [5.41, 5.74) is 0.519. The molecule has 0 radical (unpaired) electrons. The van der Waals surface area contributed by atoms with Crippen molar-refractivity contribution in [1.82, 2.24) is 5.32 Å². The summed E-state index contributed by atoms with van der Waals surface area (Å²) in [4.78, 5) is 22.4. The van der Waals surface area contributed by atoms with Gasteiger partial charge in [0, 0.05) is 11.6 Å². The number of aliphatic carboxylic acids is 1. The molecule has 5 heteroatoms. The van der Waals surface area contributed by atoms with E-state index in [9.17, 15) is 14.7 Å². The molecule has 0 bridgehead atoms. The van der Waals surface area contributed by atoms with Crippen molar-refractivity contribution in [2.75, 3.05) is 0 Å². The molecule has 5 nitrogen and oxygen atoms in total. The van der Waals surface area contributed by atoms with Gasteiger partial charge in [-0.15, -0.1) is 0 Å². The highest BCUT2D eigenvalue weighted by Gasteiger charge is 2.21. The first-order valence-corrected chi connectivity index (χ1v) is 5.71. The van der Waals surface area contributed by atoms with Crippen molar-refractivity contribution in [2.24, 2.45) is 5.92 Å². The van der Waals surface area contributed by atoms with Crippen molar-refractivity contribution >= 4 is 11.9 Å². The van der Waals surface area contributed by atoms with Crippen LogP contribution >= 0.6 is 0 Å². The first-order valence-electron chi connectivity index (χ1n) is 5.71. The van der Waals surface area contributed by atoms with E-state index in [1.807, 2.05) is 0 Å². The molecule has 0 aliphatic rings. The minimum Gasteiger partial charge on any atom is -0.508 e. The van der Waals surface area contributed by atoms with Gasteiger partial charge in [-0.1, -0.05) is 18.2 Å². The first kappa shape index (κ1) is 14.0. The fourth-order valence-corrected chi connectivity index (χ4v) is 1.48. The lowest BCUT2D eigenvalue weighted by Crippen LogP contribution is -2.40. The van der Waals surface area contributed by atoms with Crippen LogP contribution in [0.5, 0.6) is 5.75 Å². The number of benzene rings is 1. The van der Waals surface area contributed by atoms with Crippen LogP contribution in [0.4, 0.5) is 0 Å². The van der Waals surface area contributed by atoms with E-state index >= 15 is 0 Å². The summed E-state index contributed by atoms with van der Waals surface area (Å²) in [6.45, 7) is 3.18. The van der Waals surface area contributed by atoms with Crippen LogP contribution in [0.3, 0.4) is 0 Å². The number of rotatable bonds is 5. The number of carboxylic acids is 1. The smallest absolute Gasteiger partial charge is 0.308 e. The number of carbonyl (C=O) groups is 2. The van der Waals surface area contributed by atoms with Crippen LogP contribution < -0.4 is 5.32 Å². The van der Waals surface area contributed by atoms with Crippen LogP contribution in [0, 0.1) is 5.92 Å². The van der Waals surface area contributed by atoms with Crippen molar-refractivity contribution < 1.29 is 19.8 Å². The van der Waals surface area contributed by atoms with Crippen LogP contribution in [-0.2, 0) is 16.0 Å². The number of aromatic hydroxyl groups is 1. The van der Waals surface area contributed by atoms with E-state index in [0.717, 1.165) is 0 Å². The topological polar surface area (TPSA) is 86.6 Å². The molecule has 1 aromatic carbocycles. The van der Waals surface area contributed by atoms with Gasteiger partial charge >= 0.3 is 5.97 Å². The molecular weight excluding hydrogens is 234 g/mol. The van der Waals surface area contributed by atoms with Gasteiger partial charge in [0.25, 0.3) is 0 Å². The molecule has 3 N–H and O–H groups in total. The highest BCUT2D eigenvalue weighted by atomic mass is 16.4. The number of phenols is 1. The van der Waals surface area contributed by atoms with Crippen molar-refractivity contribution in [3.05, 3.63) is 29.8 Å². The third kappa shape index (κ3) is 3.76. The third-order valence-corrected chi connectivity index (χ3v) is 2.87. The van der Waals surface area contributed by atoms with E-state index in [-0.39, 0.29) is 18.1 Å². The number of phenolic OH excluding ortho intramolecular Hbond substituents is 1. The van der Waals surface area contributed by atoms with E-state index in [4.69, 9.17) is 5.11 Å². The van der Waals surface area contributed by atoms with E-state index in [0.29, 0.717) is 5.56 Å². The zero-order valence-corrected chi connectivity index (χ0v) is 10.4. The second kappa shape index (κ2) is 6.05. The molecule has 0 heterocycles. The van der Waals surface area contributed by atoms with Crippen molar-refractivity contribution in [2.45, 2.75) is 26.3 Å². The standard InChI is InChI=1S/C13H17NO4/c1-8(13(17)18)9(2)14-12(16)7-10-5-3-4-6-11(10)15/h3-6,8-9,15H,7H2,1-2H3,(H,14,16)(H,17,18). The molecule has 0 saturated heterocycles. The van der Waals surface area contributed by atoms with Gasteiger partial charge in [-0.25, -0.2) is 0 Å². The molecule has 0 aliphatic carbocycles. The number of hydrogen-bond acceptors (Lipinski definition) is 3. The Morgan fingerprint density at radius 1 is 1.28 bits per heavy atom. The molecule has 18 heavy (non-hydrogen) atoms. The largest absolute Gasteiger partial charge is 0.508 e. The molecule has 0 spiro atoms. The van der Waals surface area contributed by atoms with Gasteiger partial charge in [0.05, 0.1) is 12.3 Å². The highest BCUT2D eigenvalue weighted by Crippen LogP contribution is 2.16. The number of hydrogen-bond donors (Lipinski definition) is 3. The monoisotopic (exact) mass is 251 g/mol. The molecule has 0 saturated carbocycles. The molecule has 1 aromatic rings. The Bertz CT molecular complexity index is 444. The van der Waals surface area contributed by atoms with Crippen molar-refractivity contribution in [3.8, 4) is 5.75 Å². The SMILES string of the molecule is CC(NC(=O)Cc1ccccc1O)C(C)C(=O)O. The minimum atomic E-state index is -0.953. The predicted octanol–water partition coefficient (Wildman–Crippen LogP) is 1.16. The highest BCUT2D eigenvalue weighted by molar-refractivity contribution is 5.80. The molecule has 0 aliphatic heterocycles. The molecule has 0 fully saturated rings. The number of carboxylic acid groups (broad SMARTS) is 1. The van der Waals surface area contributed by atoms with Crippen LogP contribution in [-0.4, -0.2) is 28.1 Å². The fraction of sp³-hybridized carbons (Fsp3) is 0.385. The van der Waals surface area contributed by atoms with Crippen molar-refractivity contribution in [3.63, 3.8) is 0 Å². The van der Waals surface area contributed by atoms with Crippen LogP contribution in [0.2, 0.25) is 0 Å². The summed E-state index contributed by atoms with van der Waals surface area (Å²) in [5.74, 6) is -1.85. The summed E-state index contributed by atoms with van der Waals surface area (Å²) in [5, 5.41) is 20.9. The average molecular weight is 251 g/mol. The van der Waals surface area contributed by atoms with Gasteiger partial charge in [-0.05, 0) is 19.9 Å². The van der Waals surface area contributed by atoms with Gasteiger partial charge in [0.15, 0.2) is 0 Å². The Morgan fingerprint density at radius 2 is 1.89 bits per heavy atom. The predicted molar refractivity (Wildman–Crippen MR) is 66.2 cm³/mol. The normalized spacial score (nSPS) is 13.7. The van der Waals surface area contributed by atoms with Gasteiger partial charge in [0.1, 0.15) is 5.75 Å². The van der Waals surface area contributed by atoms with Crippen LogP contribution in [0.15, 0.2) is 24.3 Å². The van der Waals surface area contributed by atoms with Crippen LogP contribution in [0.25, 0.3) is 0 Å². The Labute approximate surface area is 105 Å². The Hall–Kier alpha value is -2.04. The van der Waals surface area contributed by atoms with E-state index in [1.165, 1.54) is 13.0 Å². The lowest BCUT2D eigenvalue weighted by atomic mass is 10.0. The zero-order valence-electron chi connectivity index (χ0n) is 10.4. The molecular formula is C13H17NO4. The second-order valence-corrected chi connectivity index (χ2v) is 4.29. The average Bonchev–Trinajstić information content (AvgIpc) is 2.30. The number of para-hydroxylation sites is 1. The maximum absolute atomic E-state index is 11.7. The zero-order chi connectivity index (χ0) is 13.7. The number of nitrogens with one attached hydrogen (secondary N) is 1. The van der Waals surface area contributed by atoms with Gasteiger partial charge in [-0.2, -0.15) is 0 Å². The molecule has 98 valence electrons. The summed E-state index contributed by atoms with van der Waals surface area (Å²) in [6, 6.07) is 6.10. The van der Waals surface area contributed by atoms with E-state index < -0.39 is 17.9 Å². The fourth-order valence-electron chi connectivity index (χ4n) is 1.48. The Balaban J connectivity index is 2.57. The maximum Gasteiger partial charge on any atom is 0.308 e. The number of amides is 1. The summed E-state index contributed by atoms with van der Waals surface area (Å²) >= 11 is 0. The molecule has 2 unspecified atom stereocenters. The first-order chi connectivity index (χ1) is 8.41. The molecule has 1 amide bonds. The summed E-state index contributed by atoms with van der Waals surface area (Å²) in [7, 11) is 0. The van der Waals surface area contributed by atoms with Gasteiger partial charge < -0.3 is 15.5 Å². The lowest BCUT2D eigenvalue weighted by Gasteiger charge is -2.17. The lowest BCUT2D eigenvalue weighted by molar-refractivity contribution is -0.142. The summed E-state index contributed by atoms with van der Waals surface area (Å²) in [6.07, 6.45) is 0.0311.